The van der Waals surface area contributed by atoms with Gasteiger partial charge in [-0.25, -0.2) is 4.39 Å². The minimum atomic E-state index is -6.88. The van der Waals surface area contributed by atoms with Crippen molar-refractivity contribution in [2.75, 3.05) is 19.8 Å². The largest absolute Gasteiger partial charge is 0.449 e. The van der Waals surface area contributed by atoms with Crippen LogP contribution in [0, 0.1) is 29.1 Å². The molecule has 232 valence electrons. The summed E-state index contributed by atoms with van der Waals surface area (Å²) in [4.78, 5) is 12.7. The maximum Gasteiger partial charge on any atom is 0.449 e. The lowest BCUT2D eigenvalue weighted by atomic mass is 9.49. The molecule has 0 aromatic carbocycles. The Morgan fingerprint density at radius 3 is 1.85 bits per heavy atom. The molecule has 0 spiro atoms. The second-order valence-corrected chi connectivity index (χ2v) is 14.2. The van der Waals surface area contributed by atoms with Crippen LogP contribution in [0.5, 0.6) is 0 Å². The lowest BCUT2D eigenvalue weighted by molar-refractivity contribution is -0.303. The number of ether oxygens (including phenoxy) is 2. The Morgan fingerprint density at radius 2 is 1.43 bits per heavy atom. The van der Waals surface area contributed by atoms with Gasteiger partial charge in [0.25, 0.3) is 5.91 Å². The molecule has 1 amide bonds. The zero-order chi connectivity index (χ0) is 29.8. The maximum atomic E-state index is 15.6. The SMILES string of the molecule is CC(C)CC1(CC(OS(=O)(=O)C(F)(C(=O)NCC23CC4CC(CC(C4)C2)C3)C(F)(F)F)C(F)(F)F)OCCCO1. The van der Waals surface area contributed by atoms with E-state index < -0.39 is 63.7 Å². The summed E-state index contributed by atoms with van der Waals surface area (Å²) in [6, 6.07) is 0. The average Bonchev–Trinajstić information content (AvgIpc) is 2.79. The van der Waals surface area contributed by atoms with Crippen molar-refractivity contribution >= 4 is 16.0 Å². The Kier molecular flexibility index (Phi) is 8.59. The molecule has 0 radical (unpaired) electrons. The summed E-state index contributed by atoms with van der Waals surface area (Å²) in [6.07, 6.45) is -12.0. The molecular formula is C25H36F7NO6S. The van der Waals surface area contributed by atoms with E-state index in [2.05, 4.69) is 4.18 Å². The Labute approximate surface area is 229 Å². The van der Waals surface area contributed by atoms with Gasteiger partial charge in [-0.05, 0) is 74.0 Å². The van der Waals surface area contributed by atoms with Crippen molar-refractivity contribution in [2.45, 2.75) is 101 Å². The van der Waals surface area contributed by atoms with Gasteiger partial charge in [-0.3, -0.25) is 8.98 Å². The van der Waals surface area contributed by atoms with Gasteiger partial charge < -0.3 is 14.8 Å². The van der Waals surface area contributed by atoms with Crippen molar-refractivity contribution in [2.24, 2.45) is 29.1 Å². The minimum absolute atomic E-state index is 0.0492. The molecule has 15 heteroatoms. The van der Waals surface area contributed by atoms with Gasteiger partial charge in [0.05, 0.1) is 13.2 Å². The van der Waals surface area contributed by atoms with Gasteiger partial charge in [0.2, 0.25) is 0 Å². The zero-order valence-electron chi connectivity index (χ0n) is 22.4. The van der Waals surface area contributed by atoms with Crippen LogP contribution >= 0.6 is 0 Å². The minimum Gasteiger partial charge on any atom is -0.351 e. The molecule has 5 rings (SSSR count). The van der Waals surface area contributed by atoms with Crippen LogP contribution in [-0.2, 0) is 28.6 Å². The molecule has 2 atom stereocenters. The summed E-state index contributed by atoms with van der Waals surface area (Å²) >= 11 is 0. The fourth-order valence-corrected chi connectivity index (χ4v) is 8.73. The molecule has 1 N–H and O–H groups in total. The highest BCUT2D eigenvalue weighted by Crippen LogP contribution is 2.59. The number of hydrogen-bond donors (Lipinski definition) is 1. The molecule has 40 heavy (non-hydrogen) atoms. The normalized spacial score (nSPS) is 32.6. The molecule has 4 bridgehead atoms. The Morgan fingerprint density at radius 1 is 0.925 bits per heavy atom. The van der Waals surface area contributed by atoms with E-state index in [1.54, 1.807) is 19.2 Å². The van der Waals surface area contributed by atoms with E-state index >= 15 is 4.39 Å². The van der Waals surface area contributed by atoms with Crippen molar-refractivity contribution in [1.29, 1.82) is 0 Å². The molecule has 1 heterocycles. The van der Waals surface area contributed by atoms with E-state index in [-0.39, 0.29) is 25.6 Å². The van der Waals surface area contributed by atoms with E-state index in [0.717, 1.165) is 19.3 Å². The van der Waals surface area contributed by atoms with Crippen molar-refractivity contribution in [3.63, 3.8) is 0 Å². The first kappa shape index (κ1) is 31.7. The smallest absolute Gasteiger partial charge is 0.351 e. The van der Waals surface area contributed by atoms with E-state index in [1.807, 2.05) is 0 Å². The number of carbonyl (C=O) groups is 1. The molecule has 7 nitrogen and oxygen atoms in total. The van der Waals surface area contributed by atoms with Crippen LogP contribution in [-0.4, -0.2) is 63.3 Å². The Bertz CT molecular complexity index is 1010. The number of nitrogens with one attached hydrogen (secondary N) is 1. The Hall–Kier alpha value is -1.19. The van der Waals surface area contributed by atoms with Crippen molar-refractivity contribution < 1.29 is 57.6 Å². The van der Waals surface area contributed by atoms with E-state index in [1.165, 1.54) is 0 Å². The summed E-state index contributed by atoms with van der Waals surface area (Å²) in [5, 5.41) is -3.98. The molecule has 4 saturated carbocycles. The first-order valence-corrected chi connectivity index (χ1v) is 15.0. The number of alkyl halides is 7. The summed E-state index contributed by atoms with van der Waals surface area (Å²) in [7, 11) is -6.88. The van der Waals surface area contributed by atoms with Crippen LogP contribution in [0.3, 0.4) is 0 Å². The summed E-state index contributed by atoms with van der Waals surface area (Å²) in [6.45, 7) is 2.73. The van der Waals surface area contributed by atoms with Crippen LogP contribution in [0.4, 0.5) is 30.7 Å². The van der Waals surface area contributed by atoms with Crippen molar-refractivity contribution in [3.8, 4) is 0 Å². The zero-order valence-corrected chi connectivity index (χ0v) is 23.2. The van der Waals surface area contributed by atoms with Gasteiger partial charge in [0, 0.05) is 19.4 Å². The van der Waals surface area contributed by atoms with Crippen LogP contribution in [0.2, 0.25) is 0 Å². The van der Waals surface area contributed by atoms with Crippen LogP contribution in [0.25, 0.3) is 0 Å². The number of rotatable bonds is 10. The maximum absolute atomic E-state index is 15.6. The molecule has 2 unspecified atom stereocenters. The van der Waals surface area contributed by atoms with E-state index in [9.17, 15) is 39.6 Å². The molecule has 0 aromatic rings. The lowest BCUT2D eigenvalue weighted by Crippen LogP contribution is -2.62. The van der Waals surface area contributed by atoms with Crippen molar-refractivity contribution in [1.82, 2.24) is 5.32 Å². The molecule has 1 aliphatic heterocycles. The van der Waals surface area contributed by atoms with E-state index in [4.69, 9.17) is 9.47 Å². The van der Waals surface area contributed by atoms with Crippen LogP contribution in [0.1, 0.15) is 71.6 Å². The quantitative estimate of drug-likeness (QED) is 0.263. The third kappa shape index (κ3) is 6.26. The van der Waals surface area contributed by atoms with Gasteiger partial charge >= 0.3 is 27.5 Å². The third-order valence-electron chi connectivity index (χ3n) is 8.63. The molecule has 5 fully saturated rings. The molecule has 1 saturated heterocycles. The van der Waals surface area contributed by atoms with Gasteiger partial charge in [0.15, 0.2) is 11.9 Å². The number of halogens is 7. The highest BCUT2D eigenvalue weighted by atomic mass is 32.2. The third-order valence-corrected chi connectivity index (χ3v) is 10.2. The highest BCUT2D eigenvalue weighted by molar-refractivity contribution is 7.89. The number of carbonyl (C=O) groups excluding carboxylic acids is 1. The van der Waals surface area contributed by atoms with Crippen LogP contribution < -0.4 is 5.32 Å². The van der Waals surface area contributed by atoms with Crippen LogP contribution in [0.15, 0.2) is 0 Å². The van der Waals surface area contributed by atoms with Gasteiger partial charge in [0.1, 0.15) is 0 Å². The van der Waals surface area contributed by atoms with E-state index in [0.29, 0.717) is 43.4 Å². The van der Waals surface area contributed by atoms with Crippen molar-refractivity contribution in [3.05, 3.63) is 0 Å². The lowest BCUT2D eigenvalue weighted by Gasteiger charge is -2.57. The number of amides is 1. The molecule has 4 aliphatic carbocycles. The summed E-state index contributed by atoms with van der Waals surface area (Å²) in [5.41, 5.74) is -0.602. The molecular weight excluding hydrogens is 575 g/mol. The highest BCUT2D eigenvalue weighted by Gasteiger charge is 2.73. The second-order valence-electron chi connectivity index (χ2n) is 12.5. The molecule has 5 aliphatic rings. The fourth-order valence-electron chi connectivity index (χ4n) is 7.54. The summed E-state index contributed by atoms with van der Waals surface area (Å²) in [5.74, 6) is -4.00. The Balaban J connectivity index is 1.56. The first-order chi connectivity index (χ1) is 18.3. The van der Waals surface area contributed by atoms with Gasteiger partial charge in [-0.1, -0.05) is 13.8 Å². The standard InChI is InChI=1S/C25H36F7NO6S/c1-15(2)9-22(37-4-3-5-38-22)13-19(24(27,28)29)39-40(35,36)23(26,25(30,31)32)20(34)33-14-21-10-16-6-17(11-21)8-18(7-16)12-21/h15-19H,3-14H2,1-2H3,(H,33,34). The predicted octanol–water partition coefficient (Wildman–Crippen LogP) is 5.39. The molecule has 0 aromatic heterocycles. The average molecular weight is 612 g/mol. The summed E-state index contributed by atoms with van der Waals surface area (Å²) < 4.78 is 140. The first-order valence-electron chi connectivity index (χ1n) is 13.6. The monoisotopic (exact) mass is 611 g/mol. The number of hydrogen-bond acceptors (Lipinski definition) is 6. The fraction of sp³-hybridized carbons (Fsp3) is 0.960. The van der Waals surface area contributed by atoms with Gasteiger partial charge in [-0.15, -0.1) is 0 Å². The predicted molar refractivity (Wildman–Crippen MR) is 127 cm³/mol. The topological polar surface area (TPSA) is 90.9 Å². The second kappa shape index (κ2) is 10.8. The van der Waals surface area contributed by atoms with Gasteiger partial charge in [-0.2, -0.15) is 34.8 Å².